The fourth-order valence-electron chi connectivity index (χ4n) is 0.839. The van der Waals surface area contributed by atoms with Crippen LogP contribution in [0.3, 0.4) is 0 Å². The minimum Gasteiger partial charge on any atom is -0.370 e. The summed E-state index contributed by atoms with van der Waals surface area (Å²) in [5.41, 5.74) is 0.933. The van der Waals surface area contributed by atoms with E-state index < -0.39 is 5.97 Å². The predicted octanol–water partition coefficient (Wildman–Crippen LogP) is 0.285. The van der Waals surface area contributed by atoms with Gasteiger partial charge in [0.2, 0.25) is 6.41 Å². The summed E-state index contributed by atoms with van der Waals surface area (Å²) in [5, 5.41) is 2.43. The zero-order valence-electron chi connectivity index (χ0n) is 6.69. The van der Waals surface area contributed by atoms with Crippen LogP contribution in [-0.2, 0) is 9.63 Å². The van der Waals surface area contributed by atoms with Crippen molar-refractivity contribution in [1.82, 2.24) is 0 Å². The normalized spacial score (nSPS) is 9.00. The van der Waals surface area contributed by atoms with E-state index in [1.54, 1.807) is 12.1 Å². The second kappa shape index (κ2) is 4.22. The Kier molecular flexibility index (Phi) is 2.99. The molecular formula is C8H8N2O3. The van der Waals surface area contributed by atoms with E-state index in [-0.39, 0.29) is 0 Å². The molecule has 68 valence electrons. The van der Waals surface area contributed by atoms with Gasteiger partial charge < -0.3 is 10.2 Å². The van der Waals surface area contributed by atoms with Gasteiger partial charge in [-0.05, 0) is 24.3 Å². The van der Waals surface area contributed by atoms with E-state index in [4.69, 9.17) is 0 Å². The molecule has 1 amide bonds. The third kappa shape index (κ3) is 2.28. The number of carbonyl (C=O) groups excluding carboxylic acids is 2. The summed E-state index contributed by atoms with van der Waals surface area (Å²) in [6.07, 6.45) is 0.552. The fourth-order valence-corrected chi connectivity index (χ4v) is 0.839. The second-order valence-electron chi connectivity index (χ2n) is 2.24. The zero-order chi connectivity index (χ0) is 9.68. The number of benzene rings is 1. The van der Waals surface area contributed by atoms with Crippen molar-refractivity contribution in [1.29, 1.82) is 0 Å². The first-order valence-corrected chi connectivity index (χ1v) is 3.49. The van der Waals surface area contributed by atoms with E-state index in [0.717, 1.165) is 0 Å². The molecule has 0 fully saturated rings. The van der Waals surface area contributed by atoms with Gasteiger partial charge in [0, 0.05) is 5.69 Å². The van der Waals surface area contributed by atoms with Gasteiger partial charge in [0.15, 0.2) is 0 Å². The lowest BCUT2D eigenvalue weighted by Crippen LogP contribution is -2.09. The lowest BCUT2D eigenvalue weighted by atomic mass is 10.2. The molecule has 0 atom stereocenters. The van der Waals surface area contributed by atoms with Gasteiger partial charge in [-0.3, -0.25) is 4.79 Å². The Hall–Kier alpha value is -1.88. The Labute approximate surface area is 74.4 Å². The topological polar surface area (TPSA) is 81.4 Å². The van der Waals surface area contributed by atoms with Gasteiger partial charge in [-0.1, -0.05) is 0 Å². The smallest absolute Gasteiger partial charge is 0.356 e. The highest BCUT2D eigenvalue weighted by atomic mass is 16.7. The maximum Gasteiger partial charge on any atom is 0.356 e. The van der Waals surface area contributed by atoms with Crippen molar-refractivity contribution in [2.75, 3.05) is 5.32 Å². The highest BCUT2D eigenvalue weighted by Crippen LogP contribution is 2.08. The van der Waals surface area contributed by atoms with Crippen LogP contribution in [0.25, 0.3) is 0 Å². The molecule has 3 N–H and O–H groups in total. The molecular weight excluding hydrogens is 172 g/mol. The maximum atomic E-state index is 10.8. The lowest BCUT2D eigenvalue weighted by Gasteiger charge is -1.99. The number of nitrogens with two attached hydrogens (primary N) is 1. The van der Waals surface area contributed by atoms with Gasteiger partial charge in [-0.15, -0.1) is 0 Å². The van der Waals surface area contributed by atoms with Crippen molar-refractivity contribution in [3.8, 4) is 0 Å². The minimum atomic E-state index is -0.613. The molecule has 0 aliphatic carbocycles. The van der Waals surface area contributed by atoms with Crippen LogP contribution in [0, 0.1) is 0 Å². The fraction of sp³-hybridized carbons (Fsp3) is 0. The van der Waals surface area contributed by atoms with Crippen molar-refractivity contribution in [3.05, 3.63) is 29.8 Å². The number of rotatable bonds is 3. The largest absolute Gasteiger partial charge is 0.370 e. The van der Waals surface area contributed by atoms with Gasteiger partial charge in [0.1, 0.15) is 0 Å². The number of nitrogens with one attached hydrogen (secondary N) is 1. The quantitative estimate of drug-likeness (QED) is 0.517. The Morgan fingerprint density at radius 2 is 2.00 bits per heavy atom. The van der Waals surface area contributed by atoms with Crippen molar-refractivity contribution in [2.45, 2.75) is 0 Å². The van der Waals surface area contributed by atoms with Crippen molar-refractivity contribution < 1.29 is 14.4 Å². The molecule has 0 heterocycles. The Balaban J connectivity index is 2.80. The SMILES string of the molecule is NOC(=O)c1ccc(NC=O)cc1. The van der Waals surface area contributed by atoms with Crippen LogP contribution in [0.2, 0.25) is 0 Å². The van der Waals surface area contributed by atoms with E-state index in [9.17, 15) is 9.59 Å². The summed E-state index contributed by atoms with van der Waals surface area (Å²) in [4.78, 5) is 24.9. The van der Waals surface area contributed by atoms with Gasteiger partial charge in [-0.2, -0.15) is 5.90 Å². The third-order valence-corrected chi connectivity index (χ3v) is 1.45. The van der Waals surface area contributed by atoms with Gasteiger partial charge in [0.25, 0.3) is 0 Å². The number of anilines is 1. The van der Waals surface area contributed by atoms with Gasteiger partial charge in [-0.25, -0.2) is 4.79 Å². The molecule has 0 bridgehead atoms. The number of amides is 1. The van der Waals surface area contributed by atoms with Crippen LogP contribution in [-0.4, -0.2) is 12.4 Å². The standard InChI is InChI=1S/C8H8N2O3/c9-13-8(12)6-1-3-7(4-2-6)10-5-11/h1-5H,9H2,(H,10,11). The van der Waals surface area contributed by atoms with E-state index in [1.807, 2.05) is 0 Å². The predicted molar refractivity (Wildman–Crippen MR) is 45.7 cm³/mol. The molecule has 1 aromatic carbocycles. The molecule has 0 aliphatic heterocycles. The monoisotopic (exact) mass is 180 g/mol. The van der Waals surface area contributed by atoms with Crippen molar-refractivity contribution in [3.63, 3.8) is 0 Å². The zero-order valence-corrected chi connectivity index (χ0v) is 6.69. The Morgan fingerprint density at radius 3 is 2.46 bits per heavy atom. The molecule has 0 radical (unpaired) electrons. The Morgan fingerprint density at radius 1 is 1.38 bits per heavy atom. The first-order chi connectivity index (χ1) is 6.27. The van der Waals surface area contributed by atoms with Crippen molar-refractivity contribution >= 4 is 18.1 Å². The van der Waals surface area contributed by atoms with Crippen LogP contribution < -0.4 is 11.2 Å². The average molecular weight is 180 g/mol. The maximum absolute atomic E-state index is 10.8. The van der Waals surface area contributed by atoms with Gasteiger partial charge in [0.05, 0.1) is 5.56 Å². The van der Waals surface area contributed by atoms with E-state index >= 15 is 0 Å². The van der Waals surface area contributed by atoms with E-state index in [1.165, 1.54) is 12.1 Å². The molecule has 13 heavy (non-hydrogen) atoms. The van der Waals surface area contributed by atoms with Crippen molar-refractivity contribution in [2.24, 2.45) is 5.90 Å². The van der Waals surface area contributed by atoms with Crippen LogP contribution >= 0.6 is 0 Å². The molecule has 1 aromatic rings. The molecule has 0 aliphatic rings. The summed E-state index contributed by atoms with van der Waals surface area (Å²) in [5.74, 6) is 4.07. The third-order valence-electron chi connectivity index (χ3n) is 1.45. The van der Waals surface area contributed by atoms with Gasteiger partial charge >= 0.3 is 5.97 Å². The molecule has 5 nitrogen and oxygen atoms in total. The molecule has 0 aromatic heterocycles. The molecule has 0 saturated carbocycles. The Bertz CT molecular complexity index is 308. The molecule has 0 unspecified atom stereocenters. The first-order valence-electron chi connectivity index (χ1n) is 3.49. The summed E-state index contributed by atoms with van der Waals surface area (Å²) < 4.78 is 0. The highest BCUT2D eigenvalue weighted by Gasteiger charge is 2.04. The summed E-state index contributed by atoms with van der Waals surface area (Å²) >= 11 is 0. The lowest BCUT2D eigenvalue weighted by molar-refractivity contribution is -0.105. The molecule has 0 spiro atoms. The summed E-state index contributed by atoms with van der Waals surface area (Å²) in [7, 11) is 0. The second-order valence-corrected chi connectivity index (χ2v) is 2.24. The van der Waals surface area contributed by atoms with E-state index in [0.29, 0.717) is 17.7 Å². The van der Waals surface area contributed by atoms with Crippen LogP contribution in [0.1, 0.15) is 10.4 Å². The number of hydrogen-bond acceptors (Lipinski definition) is 4. The summed E-state index contributed by atoms with van der Waals surface area (Å²) in [6.45, 7) is 0. The van der Waals surface area contributed by atoms with Crippen LogP contribution in [0.5, 0.6) is 0 Å². The van der Waals surface area contributed by atoms with Crippen LogP contribution in [0.15, 0.2) is 24.3 Å². The molecule has 5 heteroatoms. The number of carbonyl (C=O) groups is 2. The van der Waals surface area contributed by atoms with E-state index in [2.05, 4.69) is 16.1 Å². The summed E-state index contributed by atoms with van der Waals surface area (Å²) in [6, 6.07) is 6.14. The molecule has 1 rings (SSSR count). The highest BCUT2D eigenvalue weighted by molar-refractivity contribution is 5.89. The average Bonchev–Trinajstić information content (AvgIpc) is 2.18. The number of hydrogen-bond donors (Lipinski definition) is 2. The molecule has 0 saturated heterocycles. The first kappa shape index (κ1) is 9.21. The van der Waals surface area contributed by atoms with Crippen LogP contribution in [0.4, 0.5) is 5.69 Å². The minimum absolute atomic E-state index is 0.332.